The van der Waals surface area contributed by atoms with Crippen LogP contribution in [0.5, 0.6) is 0 Å². The molecule has 1 N–H and O–H groups in total. The molecule has 6 nitrogen and oxygen atoms in total. The number of anilines is 1. The summed E-state index contributed by atoms with van der Waals surface area (Å²) in [7, 11) is -0.751. The van der Waals surface area contributed by atoms with Crippen molar-refractivity contribution in [2.45, 2.75) is 67.2 Å². The fourth-order valence-electron chi connectivity index (χ4n) is 2.93. The van der Waals surface area contributed by atoms with Crippen molar-refractivity contribution in [3.63, 3.8) is 0 Å². The van der Waals surface area contributed by atoms with Gasteiger partial charge in [-0.2, -0.15) is 0 Å². The average molecular weight is 473 g/mol. The Morgan fingerprint density at radius 3 is 2.03 bits per heavy atom. The quantitative estimate of drug-likeness (QED) is 0.598. The van der Waals surface area contributed by atoms with Crippen molar-refractivity contribution in [1.29, 1.82) is 0 Å². The molecule has 2 heterocycles. The number of rotatable bonds is 5. The lowest BCUT2D eigenvalue weighted by molar-refractivity contribution is 0.362. The van der Waals surface area contributed by atoms with Gasteiger partial charge in [0.1, 0.15) is 0 Å². The second-order valence-electron chi connectivity index (χ2n) is 6.95. The van der Waals surface area contributed by atoms with E-state index in [0.29, 0.717) is 6.54 Å². The van der Waals surface area contributed by atoms with Crippen molar-refractivity contribution < 1.29 is 8.42 Å². The van der Waals surface area contributed by atoms with Gasteiger partial charge in [0.2, 0.25) is 10.0 Å². The highest BCUT2D eigenvalue weighted by Gasteiger charge is 2.16. The number of sulfonamides is 1. The zero-order valence-electron chi connectivity index (χ0n) is 19.5. The van der Waals surface area contributed by atoms with E-state index in [1.54, 1.807) is 30.7 Å². The van der Waals surface area contributed by atoms with Crippen LogP contribution in [0.15, 0.2) is 36.0 Å². The first-order valence-electron chi connectivity index (χ1n) is 10.7. The lowest BCUT2D eigenvalue weighted by atomic mass is 9.89. The summed E-state index contributed by atoms with van der Waals surface area (Å²) in [5.41, 5.74) is 1.14. The van der Waals surface area contributed by atoms with E-state index >= 15 is 0 Å². The van der Waals surface area contributed by atoms with E-state index in [1.807, 2.05) is 32.0 Å². The van der Waals surface area contributed by atoms with Gasteiger partial charge in [0, 0.05) is 37.9 Å². The minimum atomic E-state index is -2.92. The normalized spacial score (nSPS) is 13.1. The summed E-state index contributed by atoms with van der Waals surface area (Å²) in [4.78, 5) is 10.6. The van der Waals surface area contributed by atoms with Gasteiger partial charge in [-0.05, 0) is 37.8 Å². The van der Waals surface area contributed by atoms with E-state index in [2.05, 4.69) is 38.9 Å². The predicted molar refractivity (Wildman–Crippen MR) is 138 cm³/mol. The molecule has 2 aromatic heterocycles. The third-order valence-corrected chi connectivity index (χ3v) is 6.05. The second-order valence-corrected chi connectivity index (χ2v) is 9.62. The summed E-state index contributed by atoms with van der Waals surface area (Å²) >= 11 is 1.76. The first kappa shape index (κ1) is 31.7. The predicted octanol–water partition coefficient (Wildman–Crippen LogP) is 5.77. The largest absolute Gasteiger partial charge is 0.351 e. The zero-order chi connectivity index (χ0) is 22.8. The Hall–Kier alpha value is -1.51. The van der Waals surface area contributed by atoms with Crippen molar-refractivity contribution in [2.75, 3.05) is 31.3 Å². The van der Waals surface area contributed by atoms with Crippen molar-refractivity contribution in [3.05, 3.63) is 41.7 Å². The molecular formula is C23H44N4O2S2. The van der Waals surface area contributed by atoms with Crippen LogP contribution in [0.4, 0.5) is 5.13 Å². The molecule has 0 radical (unpaired) electrons. The molecule has 0 atom stereocenters. The Morgan fingerprint density at radius 2 is 1.71 bits per heavy atom. The van der Waals surface area contributed by atoms with Gasteiger partial charge in [-0.25, -0.2) is 18.1 Å². The highest BCUT2D eigenvalue weighted by atomic mass is 32.2. The third kappa shape index (κ3) is 17.8. The molecule has 1 saturated carbocycles. The molecule has 1 aliphatic carbocycles. The number of aromatic nitrogens is 2. The molecule has 0 aromatic carbocycles. The summed E-state index contributed by atoms with van der Waals surface area (Å²) < 4.78 is 22.5. The molecule has 0 amide bonds. The maximum Gasteiger partial charge on any atom is 0.208 e. The minimum absolute atomic E-state index is 0. The molecule has 0 saturated heterocycles. The Labute approximate surface area is 195 Å². The molecule has 0 spiro atoms. The maximum atomic E-state index is 10.1. The van der Waals surface area contributed by atoms with Crippen molar-refractivity contribution in [3.8, 4) is 0 Å². The Kier molecular flexibility index (Phi) is 19.6. The summed E-state index contributed by atoms with van der Waals surface area (Å²) in [5.74, 6) is 0.896. The van der Waals surface area contributed by atoms with Gasteiger partial charge in [0.25, 0.3) is 0 Å². The Balaban J connectivity index is 0. The van der Waals surface area contributed by atoms with E-state index in [-0.39, 0.29) is 7.43 Å². The summed E-state index contributed by atoms with van der Waals surface area (Å²) in [6.07, 6.45) is 11.8. The van der Waals surface area contributed by atoms with Gasteiger partial charge >= 0.3 is 0 Å². The second kappa shape index (κ2) is 19.2. The van der Waals surface area contributed by atoms with Crippen LogP contribution in [-0.2, 0) is 10.0 Å². The lowest BCUT2D eigenvalue weighted by Crippen LogP contribution is -2.26. The van der Waals surface area contributed by atoms with Crippen LogP contribution in [0, 0.1) is 12.8 Å². The van der Waals surface area contributed by atoms with Crippen LogP contribution in [0.2, 0.25) is 0 Å². The molecule has 3 rings (SSSR count). The number of thiazole rings is 1. The fourth-order valence-corrected chi connectivity index (χ4v) is 4.23. The number of nitrogens with one attached hydrogen (secondary N) is 1. The standard InChI is InChI=1S/C12H20N2S.C5H5N.C3H9NO2S.C2H6.CH4/c1-10-9-15-12(13-10)14(2)8-11-6-4-3-5-7-11;1-2-4-6-5-3-1;1-3-4-7(2,5)6;1-2;/h9,11H,3-8H2,1-2H3;1-5H;4H,3H2,1-2H3;1-2H3;1H4. The highest BCUT2D eigenvalue weighted by Crippen LogP contribution is 2.26. The van der Waals surface area contributed by atoms with E-state index in [0.717, 1.165) is 17.9 Å². The summed E-state index contributed by atoms with van der Waals surface area (Å²) in [6.45, 7) is 9.46. The van der Waals surface area contributed by atoms with E-state index in [1.165, 1.54) is 43.8 Å². The van der Waals surface area contributed by atoms with Crippen molar-refractivity contribution in [2.24, 2.45) is 5.92 Å². The van der Waals surface area contributed by atoms with Crippen molar-refractivity contribution >= 4 is 26.5 Å². The van der Waals surface area contributed by atoms with Gasteiger partial charge in [0.05, 0.1) is 11.9 Å². The number of nitrogens with zero attached hydrogens (tertiary/aromatic N) is 3. The van der Waals surface area contributed by atoms with Crippen LogP contribution in [0.25, 0.3) is 0 Å². The lowest BCUT2D eigenvalue weighted by Gasteiger charge is -2.26. The van der Waals surface area contributed by atoms with Crippen molar-refractivity contribution in [1.82, 2.24) is 14.7 Å². The van der Waals surface area contributed by atoms with E-state index in [4.69, 9.17) is 0 Å². The van der Waals surface area contributed by atoms with Gasteiger partial charge < -0.3 is 4.90 Å². The maximum absolute atomic E-state index is 10.1. The third-order valence-electron chi connectivity index (χ3n) is 4.16. The Morgan fingerprint density at radius 1 is 1.13 bits per heavy atom. The first-order valence-corrected chi connectivity index (χ1v) is 13.5. The topological polar surface area (TPSA) is 75.2 Å². The van der Waals surface area contributed by atoms with Gasteiger partial charge in [0.15, 0.2) is 5.13 Å². The number of hydrogen-bond acceptors (Lipinski definition) is 6. The van der Waals surface area contributed by atoms with Gasteiger partial charge in [-0.3, -0.25) is 4.98 Å². The monoisotopic (exact) mass is 472 g/mol. The highest BCUT2D eigenvalue weighted by molar-refractivity contribution is 7.88. The SMILES string of the molecule is C.CC.CCNS(C)(=O)=O.Cc1csc(N(C)CC2CCCCC2)n1.c1ccncc1. The molecule has 2 aromatic rings. The number of hydrogen-bond donors (Lipinski definition) is 1. The molecule has 0 aliphatic heterocycles. The minimum Gasteiger partial charge on any atom is -0.351 e. The molecule has 180 valence electrons. The van der Waals surface area contributed by atoms with Gasteiger partial charge in [-0.15, -0.1) is 11.3 Å². The van der Waals surface area contributed by atoms with Crippen LogP contribution < -0.4 is 9.62 Å². The molecule has 8 heteroatoms. The smallest absolute Gasteiger partial charge is 0.208 e. The van der Waals surface area contributed by atoms with E-state index < -0.39 is 10.0 Å². The fraction of sp³-hybridized carbons (Fsp3) is 0.652. The molecule has 1 fully saturated rings. The van der Waals surface area contributed by atoms with Crippen LogP contribution in [0.1, 0.15) is 66.0 Å². The molecule has 1 aliphatic rings. The number of aryl methyl sites for hydroxylation is 1. The molecule has 31 heavy (non-hydrogen) atoms. The van der Waals surface area contributed by atoms with Crippen LogP contribution in [-0.4, -0.2) is 44.8 Å². The molecule has 0 bridgehead atoms. The zero-order valence-corrected chi connectivity index (χ0v) is 21.1. The Bertz CT molecular complexity index is 704. The molecular weight excluding hydrogens is 428 g/mol. The first-order chi connectivity index (χ1) is 14.3. The van der Waals surface area contributed by atoms with Crippen LogP contribution in [0.3, 0.4) is 0 Å². The molecule has 0 unspecified atom stereocenters. The van der Waals surface area contributed by atoms with E-state index in [9.17, 15) is 8.42 Å². The summed E-state index contributed by atoms with van der Waals surface area (Å²) in [6, 6.07) is 5.72. The van der Waals surface area contributed by atoms with Gasteiger partial charge in [-0.1, -0.05) is 53.5 Å². The summed E-state index contributed by atoms with van der Waals surface area (Å²) in [5, 5.41) is 3.31. The number of pyridine rings is 1. The average Bonchev–Trinajstić information content (AvgIpc) is 3.18. The van der Waals surface area contributed by atoms with Crippen LogP contribution >= 0.6 is 11.3 Å².